The predicted molar refractivity (Wildman–Crippen MR) is 132 cm³/mol. The van der Waals surface area contributed by atoms with E-state index in [-0.39, 0.29) is 5.91 Å². The molecule has 0 aromatic heterocycles. The van der Waals surface area contributed by atoms with E-state index in [9.17, 15) is 9.59 Å². The molecule has 33 heavy (non-hydrogen) atoms. The molecular formula is C27H35NO5. The molecule has 0 spiro atoms. The lowest BCUT2D eigenvalue weighted by atomic mass is 9.87. The molecule has 0 aliphatic rings. The van der Waals surface area contributed by atoms with Gasteiger partial charge in [-0.3, -0.25) is 4.79 Å². The first-order valence-corrected chi connectivity index (χ1v) is 11.2. The van der Waals surface area contributed by atoms with Crippen LogP contribution in [-0.2, 0) is 9.59 Å². The summed E-state index contributed by atoms with van der Waals surface area (Å²) in [5.74, 6) is 0.643. The second-order valence-corrected chi connectivity index (χ2v) is 8.82. The van der Waals surface area contributed by atoms with Crippen LogP contribution in [0.25, 0.3) is 5.57 Å². The van der Waals surface area contributed by atoms with Crippen molar-refractivity contribution >= 4 is 23.1 Å². The summed E-state index contributed by atoms with van der Waals surface area (Å²) in [6.07, 6.45) is 3.24. The summed E-state index contributed by atoms with van der Waals surface area (Å²) in [5, 5.41) is 12.0. The highest BCUT2D eigenvalue weighted by Crippen LogP contribution is 2.29. The summed E-state index contributed by atoms with van der Waals surface area (Å²) in [7, 11) is 1.66. The van der Waals surface area contributed by atoms with Gasteiger partial charge in [-0.15, -0.1) is 0 Å². The highest BCUT2D eigenvalue weighted by molar-refractivity contribution is 5.95. The number of methoxy groups -OCH3 is 1. The number of hydrogen-bond donors (Lipinski definition) is 2. The molecule has 0 heterocycles. The summed E-state index contributed by atoms with van der Waals surface area (Å²) >= 11 is 0. The van der Waals surface area contributed by atoms with E-state index >= 15 is 0 Å². The van der Waals surface area contributed by atoms with Gasteiger partial charge < -0.3 is 19.9 Å². The Morgan fingerprint density at radius 3 is 2.24 bits per heavy atom. The van der Waals surface area contributed by atoms with Crippen molar-refractivity contribution < 1.29 is 24.2 Å². The zero-order valence-corrected chi connectivity index (χ0v) is 20.5. The van der Waals surface area contributed by atoms with E-state index in [1.165, 1.54) is 6.08 Å². The molecule has 6 nitrogen and oxygen atoms in total. The number of anilines is 1. The normalized spacial score (nSPS) is 11.8. The third-order valence-corrected chi connectivity index (χ3v) is 5.70. The fourth-order valence-corrected chi connectivity index (χ4v) is 3.55. The first-order valence-electron chi connectivity index (χ1n) is 11.2. The van der Waals surface area contributed by atoms with Gasteiger partial charge in [-0.1, -0.05) is 32.9 Å². The van der Waals surface area contributed by atoms with Crippen molar-refractivity contribution in [1.82, 2.24) is 0 Å². The minimum Gasteiger partial charge on any atom is -0.496 e. The average Bonchev–Trinajstić information content (AvgIpc) is 2.77. The molecule has 0 saturated carbocycles. The lowest BCUT2D eigenvalue weighted by Gasteiger charge is -2.24. The van der Waals surface area contributed by atoms with Gasteiger partial charge in [0.15, 0.2) is 0 Å². The fraction of sp³-hybridized carbons (Fsp3) is 0.407. The Bertz CT molecular complexity index is 1010. The summed E-state index contributed by atoms with van der Waals surface area (Å²) in [6, 6.07) is 11.2. The third kappa shape index (κ3) is 7.38. The van der Waals surface area contributed by atoms with Crippen LogP contribution in [-0.4, -0.2) is 30.7 Å². The van der Waals surface area contributed by atoms with E-state index in [1.54, 1.807) is 19.2 Å². The van der Waals surface area contributed by atoms with Crippen molar-refractivity contribution in [2.45, 2.75) is 53.9 Å². The lowest BCUT2D eigenvalue weighted by molar-refractivity contribution is -0.131. The average molecular weight is 454 g/mol. The number of nitrogens with one attached hydrogen (secondary N) is 1. The van der Waals surface area contributed by atoms with Gasteiger partial charge >= 0.3 is 5.97 Å². The Kier molecular flexibility index (Phi) is 9.09. The van der Waals surface area contributed by atoms with E-state index in [1.807, 2.05) is 58.9 Å². The summed E-state index contributed by atoms with van der Waals surface area (Å²) in [6.45, 7) is 10.2. The Balaban J connectivity index is 1.90. The summed E-state index contributed by atoms with van der Waals surface area (Å²) in [4.78, 5) is 23.8. The van der Waals surface area contributed by atoms with E-state index < -0.39 is 11.4 Å². The van der Waals surface area contributed by atoms with Crippen molar-refractivity contribution in [3.8, 4) is 11.5 Å². The number of carbonyl (C=O) groups excluding carboxylic acids is 1. The number of ether oxygens (including phenoxy) is 2. The number of allylic oxidation sites excluding steroid dienone is 1. The molecule has 178 valence electrons. The number of carbonyl (C=O) groups is 2. The molecule has 0 aliphatic heterocycles. The number of amides is 1. The number of carboxylic acids is 1. The van der Waals surface area contributed by atoms with Crippen LogP contribution < -0.4 is 14.8 Å². The lowest BCUT2D eigenvalue weighted by Crippen LogP contribution is -2.31. The number of aryl methyl sites for hydroxylation is 2. The fourth-order valence-electron chi connectivity index (χ4n) is 3.55. The Morgan fingerprint density at radius 2 is 1.67 bits per heavy atom. The second kappa shape index (κ2) is 11.5. The maximum Gasteiger partial charge on any atom is 0.328 e. The van der Waals surface area contributed by atoms with Crippen LogP contribution in [0, 0.1) is 19.3 Å². The molecule has 2 N–H and O–H groups in total. The van der Waals surface area contributed by atoms with Gasteiger partial charge in [0.1, 0.15) is 11.5 Å². The zero-order chi connectivity index (χ0) is 24.6. The Labute approximate surface area is 196 Å². The largest absolute Gasteiger partial charge is 0.496 e. The monoisotopic (exact) mass is 453 g/mol. The number of aliphatic carboxylic acids is 1. The van der Waals surface area contributed by atoms with Crippen LogP contribution in [0.5, 0.6) is 11.5 Å². The van der Waals surface area contributed by atoms with Gasteiger partial charge in [0.05, 0.1) is 13.7 Å². The van der Waals surface area contributed by atoms with Crippen LogP contribution in [0.2, 0.25) is 0 Å². The molecule has 6 heteroatoms. The molecule has 0 radical (unpaired) electrons. The maximum atomic E-state index is 12.8. The van der Waals surface area contributed by atoms with Gasteiger partial charge in [0.2, 0.25) is 5.91 Å². The maximum absolute atomic E-state index is 12.8. The zero-order valence-electron chi connectivity index (χ0n) is 20.5. The van der Waals surface area contributed by atoms with Crippen LogP contribution in [0.3, 0.4) is 0 Å². The smallest absolute Gasteiger partial charge is 0.328 e. The molecule has 0 fully saturated rings. The van der Waals surface area contributed by atoms with Gasteiger partial charge in [0.25, 0.3) is 0 Å². The van der Waals surface area contributed by atoms with E-state index in [4.69, 9.17) is 14.6 Å². The highest BCUT2D eigenvalue weighted by atomic mass is 16.5. The molecule has 0 saturated heterocycles. The number of benzene rings is 2. The standard InChI is InChI=1S/C27H35NO5/c1-7-20(17-25(29)30)21-9-11-22(12-10-21)28-26(31)27(4,5)13-8-14-33-24-16-18(2)23(32-6)15-19(24)3/h9-12,15-17H,7-8,13-14H2,1-6H3,(H,28,31)(H,29,30). The van der Waals surface area contributed by atoms with Crippen molar-refractivity contribution in [2.75, 3.05) is 19.0 Å². The first-order chi connectivity index (χ1) is 15.6. The van der Waals surface area contributed by atoms with Crippen molar-refractivity contribution in [3.05, 3.63) is 59.2 Å². The van der Waals surface area contributed by atoms with Crippen LogP contribution in [0.4, 0.5) is 5.69 Å². The Morgan fingerprint density at radius 1 is 1.06 bits per heavy atom. The summed E-state index contributed by atoms with van der Waals surface area (Å²) in [5.41, 5.74) is 3.73. The van der Waals surface area contributed by atoms with Gasteiger partial charge in [-0.25, -0.2) is 4.79 Å². The molecule has 2 rings (SSSR count). The molecular weight excluding hydrogens is 418 g/mol. The molecule has 0 bridgehead atoms. The van der Waals surface area contributed by atoms with E-state index in [2.05, 4.69) is 5.32 Å². The SMILES string of the molecule is CCC(=CC(=O)O)c1ccc(NC(=O)C(C)(C)CCCOc2cc(C)c(OC)cc2C)cc1. The third-order valence-electron chi connectivity index (χ3n) is 5.70. The van der Waals surface area contributed by atoms with Crippen LogP contribution in [0.1, 0.15) is 56.7 Å². The number of rotatable bonds is 11. The van der Waals surface area contributed by atoms with Gasteiger partial charge in [-0.2, -0.15) is 0 Å². The molecule has 2 aromatic carbocycles. The topological polar surface area (TPSA) is 84.9 Å². The van der Waals surface area contributed by atoms with Crippen LogP contribution in [0.15, 0.2) is 42.5 Å². The quantitative estimate of drug-likeness (QED) is 0.321. The molecule has 0 aliphatic carbocycles. The van der Waals surface area contributed by atoms with E-state index in [0.29, 0.717) is 25.1 Å². The summed E-state index contributed by atoms with van der Waals surface area (Å²) < 4.78 is 11.3. The van der Waals surface area contributed by atoms with Crippen molar-refractivity contribution in [1.29, 1.82) is 0 Å². The Hall–Kier alpha value is -3.28. The molecule has 0 unspecified atom stereocenters. The highest BCUT2D eigenvalue weighted by Gasteiger charge is 2.27. The molecule has 2 aromatic rings. The van der Waals surface area contributed by atoms with Crippen LogP contribution >= 0.6 is 0 Å². The van der Waals surface area contributed by atoms with Crippen molar-refractivity contribution in [2.24, 2.45) is 5.41 Å². The van der Waals surface area contributed by atoms with E-state index in [0.717, 1.165) is 40.2 Å². The first kappa shape index (κ1) is 26.0. The number of hydrogen-bond acceptors (Lipinski definition) is 4. The molecule has 1 amide bonds. The molecule has 0 atom stereocenters. The predicted octanol–water partition coefficient (Wildman–Crippen LogP) is 6.01. The van der Waals surface area contributed by atoms with Gasteiger partial charge in [0, 0.05) is 17.2 Å². The minimum atomic E-state index is -0.966. The van der Waals surface area contributed by atoms with Crippen molar-refractivity contribution in [3.63, 3.8) is 0 Å². The van der Waals surface area contributed by atoms with Gasteiger partial charge in [-0.05, 0) is 79.6 Å². The minimum absolute atomic E-state index is 0.0662. The number of carboxylic acid groups (broad SMARTS) is 1. The second-order valence-electron chi connectivity index (χ2n) is 8.82.